The molecule has 1 heterocycles. The van der Waals surface area contributed by atoms with Gasteiger partial charge in [-0.1, -0.05) is 0 Å². The first kappa shape index (κ1) is 11.0. The first-order valence-electron chi connectivity index (χ1n) is 4.59. The predicted molar refractivity (Wildman–Crippen MR) is 49.0 cm³/mol. The first-order valence-corrected chi connectivity index (χ1v) is 4.59. The highest BCUT2D eigenvalue weighted by atomic mass is 16.5. The van der Waals surface area contributed by atoms with E-state index in [2.05, 4.69) is 0 Å². The molecule has 0 spiro atoms. The zero-order chi connectivity index (χ0) is 10.8. The van der Waals surface area contributed by atoms with Crippen molar-refractivity contribution in [3.05, 3.63) is 0 Å². The van der Waals surface area contributed by atoms with E-state index in [1.54, 1.807) is 13.8 Å². The van der Waals surface area contributed by atoms with E-state index in [1.807, 2.05) is 0 Å². The molecule has 1 amide bonds. The van der Waals surface area contributed by atoms with Crippen LogP contribution in [0.15, 0.2) is 0 Å². The lowest BCUT2D eigenvalue weighted by atomic mass is 10.1. The Morgan fingerprint density at radius 3 is 2.86 bits per heavy atom. The SMILES string of the molecule is CC1(C)OC[C@@H](CCC=O)N1C(=O)O. The molecule has 0 unspecified atom stereocenters. The van der Waals surface area contributed by atoms with E-state index in [0.717, 1.165) is 6.29 Å². The number of nitrogens with zero attached hydrogens (tertiary/aromatic N) is 1. The molecule has 1 fully saturated rings. The number of carbonyl (C=O) groups is 2. The summed E-state index contributed by atoms with van der Waals surface area (Å²) < 4.78 is 5.35. The second-order valence-corrected chi connectivity index (χ2v) is 3.81. The van der Waals surface area contributed by atoms with E-state index in [1.165, 1.54) is 4.90 Å². The van der Waals surface area contributed by atoms with Crippen LogP contribution in [0.3, 0.4) is 0 Å². The molecule has 1 saturated heterocycles. The maximum Gasteiger partial charge on any atom is 0.409 e. The van der Waals surface area contributed by atoms with Crippen LogP contribution < -0.4 is 0 Å². The molecule has 1 atom stereocenters. The lowest BCUT2D eigenvalue weighted by Crippen LogP contribution is -2.47. The molecule has 14 heavy (non-hydrogen) atoms. The largest absolute Gasteiger partial charge is 0.465 e. The van der Waals surface area contributed by atoms with Gasteiger partial charge >= 0.3 is 6.09 Å². The fourth-order valence-electron chi connectivity index (χ4n) is 1.74. The third-order valence-electron chi connectivity index (χ3n) is 2.40. The van der Waals surface area contributed by atoms with Crippen LogP contribution in [0.1, 0.15) is 26.7 Å². The minimum Gasteiger partial charge on any atom is -0.465 e. The van der Waals surface area contributed by atoms with E-state index in [9.17, 15) is 9.59 Å². The summed E-state index contributed by atoms with van der Waals surface area (Å²) in [5, 5.41) is 8.98. The highest BCUT2D eigenvalue weighted by molar-refractivity contribution is 5.66. The molecule has 0 radical (unpaired) electrons. The number of rotatable bonds is 3. The number of aldehydes is 1. The molecule has 5 heteroatoms. The number of carboxylic acid groups (broad SMARTS) is 1. The van der Waals surface area contributed by atoms with Gasteiger partial charge in [-0.15, -0.1) is 0 Å². The minimum atomic E-state index is -0.997. The Labute approximate surface area is 82.6 Å². The van der Waals surface area contributed by atoms with Gasteiger partial charge in [-0.2, -0.15) is 0 Å². The Morgan fingerprint density at radius 1 is 1.71 bits per heavy atom. The summed E-state index contributed by atoms with van der Waals surface area (Å²) >= 11 is 0. The molecule has 1 N–H and O–H groups in total. The predicted octanol–water partition coefficient (Wildman–Crippen LogP) is 1.08. The van der Waals surface area contributed by atoms with Crippen LogP contribution in [-0.2, 0) is 9.53 Å². The molecule has 1 rings (SSSR count). The van der Waals surface area contributed by atoms with Crippen molar-refractivity contribution in [3.63, 3.8) is 0 Å². The molecular formula is C9H15NO4. The van der Waals surface area contributed by atoms with Crippen molar-refractivity contribution in [1.29, 1.82) is 0 Å². The van der Waals surface area contributed by atoms with Gasteiger partial charge in [0.15, 0.2) is 0 Å². The summed E-state index contributed by atoms with van der Waals surface area (Å²) in [6.45, 7) is 3.79. The third-order valence-corrected chi connectivity index (χ3v) is 2.40. The summed E-state index contributed by atoms with van der Waals surface area (Å²) in [7, 11) is 0. The average molecular weight is 201 g/mol. The fraction of sp³-hybridized carbons (Fsp3) is 0.778. The van der Waals surface area contributed by atoms with Gasteiger partial charge in [0.25, 0.3) is 0 Å². The van der Waals surface area contributed by atoms with Gasteiger partial charge in [-0.05, 0) is 20.3 Å². The zero-order valence-corrected chi connectivity index (χ0v) is 8.40. The Bertz CT molecular complexity index is 239. The molecule has 1 aliphatic rings. The second-order valence-electron chi connectivity index (χ2n) is 3.81. The Kier molecular flexibility index (Phi) is 3.10. The number of amides is 1. The van der Waals surface area contributed by atoms with Crippen LogP contribution >= 0.6 is 0 Å². The molecule has 0 aromatic rings. The highest BCUT2D eigenvalue weighted by Gasteiger charge is 2.43. The van der Waals surface area contributed by atoms with Gasteiger partial charge in [0.05, 0.1) is 12.6 Å². The number of ether oxygens (including phenoxy) is 1. The fourth-order valence-corrected chi connectivity index (χ4v) is 1.74. The molecule has 5 nitrogen and oxygen atoms in total. The summed E-state index contributed by atoms with van der Waals surface area (Å²) in [6, 6.07) is -0.201. The minimum absolute atomic E-state index is 0.201. The second kappa shape index (κ2) is 3.96. The maximum absolute atomic E-state index is 10.9. The van der Waals surface area contributed by atoms with E-state index in [4.69, 9.17) is 9.84 Å². The van der Waals surface area contributed by atoms with Crippen molar-refractivity contribution in [1.82, 2.24) is 4.90 Å². The van der Waals surface area contributed by atoms with Gasteiger partial charge in [-0.3, -0.25) is 4.90 Å². The lowest BCUT2D eigenvalue weighted by molar-refractivity contribution is -0.108. The van der Waals surface area contributed by atoms with Crippen molar-refractivity contribution >= 4 is 12.4 Å². The maximum atomic E-state index is 10.9. The van der Waals surface area contributed by atoms with E-state index < -0.39 is 11.8 Å². The summed E-state index contributed by atoms with van der Waals surface area (Å²) in [4.78, 5) is 22.4. The van der Waals surface area contributed by atoms with Gasteiger partial charge in [-0.25, -0.2) is 4.79 Å². The van der Waals surface area contributed by atoms with Crippen LogP contribution in [0.4, 0.5) is 4.79 Å². The van der Waals surface area contributed by atoms with Crippen LogP contribution in [0.5, 0.6) is 0 Å². The standard InChI is InChI=1S/C9H15NO4/c1-9(2)10(8(12)13)7(6-14-9)4-3-5-11/h5,7H,3-4,6H2,1-2H3,(H,12,13)/t7-/m1/s1. The molecule has 80 valence electrons. The summed E-state index contributed by atoms with van der Waals surface area (Å²) in [5.41, 5.74) is -0.778. The topological polar surface area (TPSA) is 66.8 Å². The van der Waals surface area contributed by atoms with Gasteiger partial charge in [0.1, 0.15) is 12.0 Å². The third kappa shape index (κ3) is 2.04. The Hall–Kier alpha value is -1.10. The number of hydrogen-bond donors (Lipinski definition) is 1. The quantitative estimate of drug-likeness (QED) is 0.694. The van der Waals surface area contributed by atoms with Crippen molar-refractivity contribution in [2.24, 2.45) is 0 Å². The van der Waals surface area contributed by atoms with Crippen molar-refractivity contribution < 1.29 is 19.4 Å². The molecule has 0 aliphatic carbocycles. The average Bonchev–Trinajstić information content (AvgIpc) is 2.37. The summed E-state index contributed by atoms with van der Waals surface area (Å²) in [5.74, 6) is 0. The van der Waals surface area contributed by atoms with Crippen LogP contribution in [0.25, 0.3) is 0 Å². The van der Waals surface area contributed by atoms with Crippen molar-refractivity contribution in [2.45, 2.75) is 38.5 Å². The lowest BCUT2D eigenvalue weighted by Gasteiger charge is -2.30. The zero-order valence-electron chi connectivity index (χ0n) is 8.40. The Balaban J connectivity index is 2.68. The van der Waals surface area contributed by atoms with Gasteiger partial charge in [0, 0.05) is 6.42 Å². The molecule has 0 saturated carbocycles. The smallest absolute Gasteiger partial charge is 0.409 e. The van der Waals surface area contributed by atoms with E-state index in [-0.39, 0.29) is 6.04 Å². The van der Waals surface area contributed by atoms with Crippen LogP contribution in [0.2, 0.25) is 0 Å². The van der Waals surface area contributed by atoms with Gasteiger partial charge in [0.2, 0.25) is 0 Å². The van der Waals surface area contributed by atoms with E-state index >= 15 is 0 Å². The normalized spacial score (nSPS) is 25.0. The van der Waals surface area contributed by atoms with Gasteiger partial charge < -0.3 is 14.6 Å². The molecule has 0 bridgehead atoms. The van der Waals surface area contributed by atoms with Crippen molar-refractivity contribution in [2.75, 3.05) is 6.61 Å². The molecule has 0 aromatic heterocycles. The van der Waals surface area contributed by atoms with Crippen molar-refractivity contribution in [3.8, 4) is 0 Å². The molecular weight excluding hydrogens is 186 g/mol. The van der Waals surface area contributed by atoms with Crippen LogP contribution in [-0.4, -0.2) is 40.8 Å². The highest BCUT2D eigenvalue weighted by Crippen LogP contribution is 2.29. The molecule has 0 aromatic carbocycles. The molecule has 1 aliphatic heterocycles. The monoisotopic (exact) mass is 201 g/mol. The number of carbonyl (C=O) groups excluding carboxylic acids is 1. The first-order chi connectivity index (χ1) is 6.49. The van der Waals surface area contributed by atoms with E-state index in [0.29, 0.717) is 19.4 Å². The summed E-state index contributed by atoms with van der Waals surface area (Å²) in [6.07, 6.45) is 0.696. The Morgan fingerprint density at radius 2 is 2.36 bits per heavy atom. The van der Waals surface area contributed by atoms with Crippen LogP contribution in [0, 0.1) is 0 Å². The number of hydrogen-bond acceptors (Lipinski definition) is 3.